The number of halogens is 1. The summed E-state index contributed by atoms with van der Waals surface area (Å²) >= 11 is 0. The molecule has 0 atom stereocenters. The van der Waals surface area contributed by atoms with Crippen LogP contribution in [0.25, 0.3) is 0 Å². The summed E-state index contributed by atoms with van der Waals surface area (Å²) in [5.41, 5.74) is 7.04. The first kappa shape index (κ1) is 10.5. The Labute approximate surface area is 92.2 Å². The SMILES string of the molecule is Cc1cc(CNc2cccc(F)c2N)on1. The van der Waals surface area contributed by atoms with E-state index < -0.39 is 5.82 Å². The van der Waals surface area contributed by atoms with Gasteiger partial charge in [-0.2, -0.15) is 0 Å². The number of nitrogen functional groups attached to an aromatic ring is 1. The van der Waals surface area contributed by atoms with Crippen LogP contribution in [0.15, 0.2) is 28.8 Å². The first-order chi connectivity index (χ1) is 7.66. The summed E-state index contributed by atoms with van der Waals surface area (Å²) in [5.74, 6) is 0.250. The van der Waals surface area contributed by atoms with Gasteiger partial charge >= 0.3 is 0 Å². The fourth-order valence-electron chi connectivity index (χ4n) is 1.37. The van der Waals surface area contributed by atoms with E-state index in [-0.39, 0.29) is 5.69 Å². The number of nitrogens with one attached hydrogen (secondary N) is 1. The monoisotopic (exact) mass is 221 g/mol. The van der Waals surface area contributed by atoms with Crippen LogP contribution >= 0.6 is 0 Å². The molecule has 0 spiro atoms. The van der Waals surface area contributed by atoms with Crippen LogP contribution in [0.3, 0.4) is 0 Å². The Hall–Kier alpha value is -2.04. The zero-order valence-electron chi connectivity index (χ0n) is 8.83. The van der Waals surface area contributed by atoms with E-state index in [4.69, 9.17) is 10.3 Å². The first-order valence-corrected chi connectivity index (χ1v) is 4.87. The van der Waals surface area contributed by atoms with Crippen LogP contribution in [0.1, 0.15) is 11.5 Å². The van der Waals surface area contributed by atoms with Crippen LogP contribution in [-0.4, -0.2) is 5.16 Å². The summed E-state index contributed by atoms with van der Waals surface area (Å²) in [6, 6.07) is 6.43. The van der Waals surface area contributed by atoms with Gasteiger partial charge in [0.25, 0.3) is 0 Å². The zero-order valence-corrected chi connectivity index (χ0v) is 8.83. The standard InChI is InChI=1S/C11H12FN3O/c1-7-5-8(16-15-7)6-14-10-4-2-3-9(12)11(10)13/h2-5,14H,6,13H2,1H3. The Morgan fingerprint density at radius 3 is 3.00 bits per heavy atom. The van der Waals surface area contributed by atoms with Crippen molar-refractivity contribution >= 4 is 11.4 Å². The van der Waals surface area contributed by atoms with Crippen molar-refractivity contribution in [2.75, 3.05) is 11.1 Å². The number of benzene rings is 1. The third-order valence-corrected chi connectivity index (χ3v) is 2.18. The van der Waals surface area contributed by atoms with Crippen LogP contribution in [0.2, 0.25) is 0 Å². The molecule has 0 bridgehead atoms. The highest BCUT2D eigenvalue weighted by atomic mass is 19.1. The molecule has 3 N–H and O–H groups in total. The van der Waals surface area contributed by atoms with E-state index >= 15 is 0 Å². The smallest absolute Gasteiger partial charge is 0.156 e. The van der Waals surface area contributed by atoms with Gasteiger partial charge in [-0.1, -0.05) is 11.2 Å². The summed E-state index contributed by atoms with van der Waals surface area (Å²) in [5, 5.41) is 6.73. The number of anilines is 2. The van der Waals surface area contributed by atoms with Crippen LogP contribution in [0, 0.1) is 12.7 Å². The van der Waals surface area contributed by atoms with E-state index in [1.807, 2.05) is 13.0 Å². The lowest BCUT2D eigenvalue weighted by Gasteiger charge is -2.07. The van der Waals surface area contributed by atoms with Gasteiger partial charge in [0.05, 0.1) is 23.6 Å². The topological polar surface area (TPSA) is 64.1 Å². The average molecular weight is 221 g/mol. The lowest BCUT2D eigenvalue weighted by molar-refractivity contribution is 0.384. The molecule has 0 saturated heterocycles. The minimum absolute atomic E-state index is 0.110. The zero-order chi connectivity index (χ0) is 11.5. The molecule has 0 saturated carbocycles. The molecule has 0 unspecified atom stereocenters. The maximum Gasteiger partial charge on any atom is 0.156 e. The molecule has 0 aliphatic rings. The Bertz CT molecular complexity index is 496. The molecule has 0 aliphatic carbocycles. The molecule has 5 heteroatoms. The number of aromatic nitrogens is 1. The van der Waals surface area contributed by atoms with E-state index in [9.17, 15) is 4.39 Å². The van der Waals surface area contributed by atoms with Gasteiger partial charge in [0.2, 0.25) is 0 Å². The maximum atomic E-state index is 13.1. The molecule has 4 nitrogen and oxygen atoms in total. The highest BCUT2D eigenvalue weighted by Crippen LogP contribution is 2.21. The van der Waals surface area contributed by atoms with Gasteiger partial charge < -0.3 is 15.6 Å². The summed E-state index contributed by atoms with van der Waals surface area (Å²) in [6.45, 7) is 2.26. The molecule has 2 aromatic rings. The lowest BCUT2D eigenvalue weighted by Crippen LogP contribution is -2.03. The number of aryl methyl sites for hydroxylation is 1. The third kappa shape index (κ3) is 2.13. The molecule has 1 aromatic carbocycles. The van der Waals surface area contributed by atoms with Crippen molar-refractivity contribution in [3.63, 3.8) is 0 Å². The first-order valence-electron chi connectivity index (χ1n) is 4.87. The number of hydrogen-bond acceptors (Lipinski definition) is 4. The van der Waals surface area contributed by atoms with E-state index in [1.165, 1.54) is 6.07 Å². The fraction of sp³-hybridized carbons (Fsp3) is 0.182. The predicted octanol–water partition coefficient (Wildman–Crippen LogP) is 2.32. The van der Waals surface area contributed by atoms with Gasteiger partial charge in [-0.25, -0.2) is 4.39 Å². The van der Waals surface area contributed by atoms with Crippen molar-refractivity contribution in [1.29, 1.82) is 0 Å². The highest BCUT2D eigenvalue weighted by molar-refractivity contribution is 5.66. The van der Waals surface area contributed by atoms with E-state index in [2.05, 4.69) is 10.5 Å². The predicted molar refractivity (Wildman–Crippen MR) is 59.4 cm³/mol. The van der Waals surface area contributed by atoms with Crippen molar-refractivity contribution < 1.29 is 8.91 Å². The lowest BCUT2D eigenvalue weighted by atomic mass is 10.2. The highest BCUT2D eigenvalue weighted by Gasteiger charge is 2.05. The van der Waals surface area contributed by atoms with E-state index in [0.29, 0.717) is 18.0 Å². The van der Waals surface area contributed by atoms with Gasteiger partial charge in [0.15, 0.2) is 5.76 Å². The van der Waals surface area contributed by atoms with Gasteiger partial charge in [0.1, 0.15) is 5.82 Å². The molecule has 0 aliphatic heterocycles. The average Bonchev–Trinajstić information content (AvgIpc) is 2.67. The summed E-state index contributed by atoms with van der Waals surface area (Å²) in [4.78, 5) is 0. The van der Waals surface area contributed by atoms with Gasteiger partial charge in [0, 0.05) is 6.07 Å². The Morgan fingerprint density at radius 1 is 1.50 bits per heavy atom. The van der Waals surface area contributed by atoms with Gasteiger partial charge in [-0.05, 0) is 19.1 Å². The molecule has 0 amide bonds. The molecular formula is C11H12FN3O. The molecule has 16 heavy (non-hydrogen) atoms. The number of hydrogen-bond donors (Lipinski definition) is 2. The summed E-state index contributed by atoms with van der Waals surface area (Å²) in [7, 11) is 0. The van der Waals surface area contributed by atoms with E-state index in [1.54, 1.807) is 12.1 Å². The fourth-order valence-corrected chi connectivity index (χ4v) is 1.37. The van der Waals surface area contributed by atoms with Crippen molar-refractivity contribution in [3.8, 4) is 0 Å². The number of para-hydroxylation sites is 1. The number of nitrogens with two attached hydrogens (primary N) is 1. The van der Waals surface area contributed by atoms with Crippen LogP contribution in [0.5, 0.6) is 0 Å². The summed E-state index contributed by atoms with van der Waals surface area (Å²) in [6.07, 6.45) is 0. The van der Waals surface area contributed by atoms with E-state index in [0.717, 1.165) is 5.69 Å². The van der Waals surface area contributed by atoms with Crippen molar-refractivity contribution in [1.82, 2.24) is 5.16 Å². The second-order valence-electron chi connectivity index (χ2n) is 3.49. The second kappa shape index (κ2) is 4.22. The van der Waals surface area contributed by atoms with Gasteiger partial charge in [-0.15, -0.1) is 0 Å². The van der Waals surface area contributed by atoms with Crippen LogP contribution in [0.4, 0.5) is 15.8 Å². The largest absolute Gasteiger partial charge is 0.395 e. The molecule has 0 radical (unpaired) electrons. The van der Waals surface area contributed by atoms with Crippen molar-refractivity contribution in [3.05, 3.63) is 41.5 Å². The molecule has 1 aromatic heterocycles. The van der Waals surface area contributed by atoms with Crippen LogP contribution in [-0.2, 0) is 6.54 Å². The molecule has 0 fully saturated rings. The minimum atomic E-state index is -0.432. The normalized spacial score (nSPS) is 10.4. The number of nitrogens with zero attached hydrogens (tertiary/aromatic N) is 1. The second-order valence-corrected chi connectivity index (χ2v) is 3.49. The molecule has 2 rings (SSSR count). The quantitative estimate of drug-likeness (QED) is 0.781. The number of rotatable bonds is 3. The minimum Gasteiger partial charge on any atom is -0.395 e. The Balaban J connectivity index is 2.07. The molecular weight excluding hydrogens is 209 g/mol. The van der Waals surface area contributed by atoms with Gasteiger partial charge in [-0.3, -0.25) is 0 Å². The Morgan fingerprint density at radius 2 is 2.31 bits per heavy atom. The maximum absolute atomic E-state index is 13.1. The van der Waals surface area contributed by atoms with Crippen molar-refractivity contribution in [2.45, 2.75) is 13.5 Å². The third-order valence-electron chi connectivity index (χ3n) is 2.18. The molecule has 84 valence electrons. The van der Waals surface area contributed by atoms with Crippen molar-refractivity contribution in [2.24, 2.45) is 0 Å². The molecule has 1 heterocycles. The summed E-state index contributed by atoms with van der Waals surface area (Å²) < 4.78 is 18.1. The van der Waals surface area contributed by atoms with Crippen LogP contribution < -0.4 is 11.1 Å². The Kier molecular flexibility index (Phi) is 2.76.